The van der Waals surface area contributed by atoms with Gasteiger partial charge in [-0.25, -0.2) is 0 Å². The van der Waals surface area contributed by atoms with E-state index in [-0.39, 0.29) is 18.5 Å². The first-order valence-corrected chi connectivity index (χ1v) is 22.2. The van der Waals surface area contributed by atoms with E-state index in [0.717, 1.165) is 103 Å². The van der Waals surface area contributed by atoms with Crippen LogP contribution in [0.5, 0.6) is 0 Å². The van der Waals surface area contributed by atoms with Crippen LogP contribution in [0.15, 0.2) is 0 Å². The summed E-state index contributed by atoms with van der Waals surface area (Å²) in [5.74, 6) is 0.805. The minimum absolute atomic E-state index is 0.0327. The molecule has 0 unspecified atom stereocenters. The molecule has 0 amide bonds. The Kier molecular flexibility index (Phi) is 32.7. The number of aliphatic hydroxyl groups excluding tert-OH is 1. The molecule has 0 aliphatic rings. The first kappa shape index (κ1) is 49.9. The van der Waals surface area contributed by atoms with Gasteiger partial charge in [0.05, 0.1) is 24.0 Å². The Morgan fingerprint density at radius 3 is 1.33 bits per heavy atom. The second kappa shape index (κ2) is 33.4. The Bertz CT molecular complexity index is 791. The van der Waals surface area contributed by atoms with Gasteiger partial charge in [-0.15, -0.1) is 0 Å². The number of ether oxygens (including phenoxy) is 2. The number of esters is 2. The Hall–Kier alpha value is -1.14. The maximum Gasteiger partial charge on any atom is 0.311 e. The fourth-order valence-electron chi connectivity index (χ4n) is 7.24. The summed E-state index contributed by atoms with van der Waals surface area (Å²) in [6, 6.07) is 0. The number of rotatable bonds is 38. The lowest BCUT2D eigenvalue weighted by Crippen LogP contribution is -2.28. The summed E-state index contributed by atoms with van der Waals surface area (Å²) in [6.07, 6.45) is 31.4. The fraction of sp³-hybridized carbons (Fsp3) is 0.956. The molecule has 0 radical (unpaired) electrons. The summed E-state index contributed by atoms with van der Waals surface area (Å²) in [7, 11) is 0. The van der Waals surface area contributed by atoms with Crippen LogP contribution >= 0.6 is 0 Å². The van der Waals surface area contributed by atoms with Crippen molar-refractivity contribution in [2.45, 2.75) is 222 Å². The Balaban J connectivity index is 4.16. The van der Waals surface area contributed by atoms with Gasteiger partial charge in [-0.3, -0.25) is 9.59 Å². The average molecular weight is 724 g/mol. The molecule has 0 aliphatic heterocycles. The van der Waals surface area contributed by atoms with Gasteiger partial charge in [-0.2, -0.15) is 0 Å². The zero-order chi connectivity index (χ0) is 38.1. The third kappa shape index (κ3) is 29.0. The van der Waals surface area contributed by atoms with Crippen LogP contribution in [-0.4, -0.2) is 61.4 Å². The molecule has 0 spiro atoms. The zero-order valence-electron chi connectivity index (χ0n) is 35.4. The summed E-state index contributed by atoms with van der Waals surface area (Å²) < 4.78 is 11.3. The molecule has 0 heterocycles. The number of carbonyl (C=O) groups is 2. The molecule has 0 bridgehead atoms. The molecular formula is C45H89NO5. The molecule has 0 rings (SSSR count). The highest BCUT2D eigenvalue weighted by Gasteiger charge is 2.29. The molecule has 0 aromatic heterocycles. The minimum atomic E-state index is -0.410. The number of hydrogen-bond donors (Lipinski definition) is 1. The maximum absolute atomic E-state index is 12.8. The average Bonchev–Trinajstić information content (AvgIpc) is 3.09. The quantitative estimate of drug-likeness (QED) is 0.0505. The van der Waals surface area contributed by atoms with Gasteiger partial charge in [0, 0.05) is 6.61 Å². The lowest BCUT2D eigenvalue weighted by molar-refractivity contribution is -0.155. The second-order valence-electron chi connectivity index (χ2n) is 17.1. The predicted octanol–water partition coefficient (Wildman–Crippen LogP) is 12.6. The lowest BCUT2D eigenvalue weighted by atomic mass is 9.87. The fourth-order valence-corrected chi connectivity index (χ4v) is 7.24. The van der Waals surface area contributed by atoms with Gasteiger partial charge in [-0.05, 0) is 105 Å². The van der Waals surface area contributed by atoms with Crippen LogP contribution in [0.3, 0.4) is 0 Å². The third-order valence-corrected chi connectivity index (χ3v) is 10.9. The molecular weight excluding hydrogens is 634 g/mol. The molecule has 0 saturated carbocycles. The van der Waals surface area contributed by atoms with Crippen molar-refractivity contribution in [1.29, 1.82) is 0 Å². The molecule has 0 fully saturated rings. The molecule has 0 aliphatic carbocycles. The topological polar surface area (TPSA) is 76.1 Å². The van der Waals surface area contributed by atoms with Crippen LogP contribution in [0.25, 0.3) is 0 Å². The van der Waals surface area contributed by atoms with E-state index in [2.05, 4.69) is 25.7 Å². The van der Waals surface area contributed by atoms with Crippen LogP contribution in [-0.2, 0) is 19.1 Å². The number of aliphatic hydroxyl groups is 1. The molecule has 1 N–H and O–H groups in total. The molecule has 0 aromatic rings. The normalized spacial score (nSPS) is 12.3. The van der Waals surface area contributed by atoms with Crippen LogP contribution in [0.4, 0.5) is 0 Å². The van der Waals surface area contributed by atoms with Crippen molar-refractivity contribution in [1.82, 2.24) is 4.90 Å². The van der Waals surface area contributed by atoms with E-state index < -0.39 is 10.8 Å². The highest BCUT2D eigenvalue weighted by atomic mass is 16.5. The summed E-state index contributed by atoms with van der Waals surface area (Å²) in [5.41, 5.74) is -0.814. The number of nitrogens with zero attached hydrogens (tertiary/aromatic N) is 1. The van der Waals surface area contributed by atoms with Gasteiger partial charge in [0.15, 0.2) is 0 Å². The van der Waals surface area contributed by atoms with Gasteiger partial charge in [0.25, 0.3) is 0 Å². The van der Waals surface area contributed by atoms with E-state index in [4.69, 9.17) is 9.47 Å². The third-order valence-electron chi connectivity index (χ3n) is 10.9. The van der Waals surface area contributed by atoms with Gasteiger partial charge >= 0.3 is 11.9 Å². The van der Waals surface area contributed by atoms with Crippen molar-refractivity contribution in [3.8, 4) is 0 Å². The molecule has 0 atom stereocenters. The highest BCUT2D eigenvalue weighted by molar-refractivity contribution is 5.76. The molecule has 0 saturated heterocycles. The summed E-state index contributed by atoms with van der Waals surface area (Å²) >= 11 is 0. The van der Waals surface area contributed by atoms with Crippen molar-refractivity contribution in [3.05, 3.63) is 0 Å². The van der Waals surface area contributed by atoms with E-state index in [1.165, 1.54) is 96.3 Å². The van der Waals surface area contributed by atoms with Crippen molar-refractivity contribution < 1.29 is 24.2 Å². The smallest absolute Gasteiger partial charge is 0.311 e. The highest BCUT2D eigenvalue weighted by Crippen LogP contribution is 2.27. The van der Waals surface area contributed by atoms with Crippen molar-refractivity contribution in [3.63, 3.8) is 0 Å². The molecule has 51 heavy (non-hydrogen) atoms. The maximum atomic E-state index is 12.8. The molecule has 304 valence electrons. The van der Waals surface area contributed by atoms with Crippen LogP contribution in [0.2, 0.25) is 0 Å². The van der Waals surface area contributed by atoms with Crippen LogP contribution < -0.4 is 0 Å². The van der Waals surface area contributed by atoms with E-state index >= 15 is 0 Å². The van der Waals surface area contributed by atoms with E-state index in [1.807, 2.05) is 27.7 Å². The Morgan fingerprint density at radius 2 is 0.882 bits per heavy atom. The van der Waals surface area contributed by atoms with Crippen LogP contribution in [0, 0.1) is 16.7 Å². The summed E-state index contributed by atoms with van der Waals surface area (Å²) in [4.78, 5) is 28.0. The number of carbonyl (C=O) groups excluding carboxylic acids is 2. The van der Waals surface area contributed by atoms with E-state index in [0.29, 0.717) is 13.2 Å². The van der Waals surface area contributed by atoms with Crippen LogP contribution in [0.1, 0.15) is 222 Å². The SMILES string of the molecule is CCCCCCCCCOC(=O)C(C)(C)CCCCCCN(CCCCO)CCCCCCC(C)(C)C(=O)OCCCCCC(CCC)CCC. The molecule has 6 nitrogen and oxygen atoms in total. The standard InChI is InChI=1S/C45H89NO5/c1-8-11-12-13-14-19-28-39-50-42(48)44(4,5)33-22-15-17-24-35-46(37-26-27-38-47)36-25-18-16-23-34-45(6,7)43(49)51-40-29-20-21-32-41(30-9-2)31-10-3/h41,47H,8-40H2,1-7H3. The zero-order valence-corrected chi connectivity index (χ0v) is 35.4. The predicted molar refractivity (Wildman–Crippen MR) is 218 cm³/mol. The monoisotopic (exact) mass is 724 g/mol. The van der Waals surface area contributed by atoms with E-state index in [1.54, 1.807) is 0 Å². The summed E-state index contributed by atoms with van der Waals surface area (Å²) in [5, 5.41) is 9.29. The van der Waals surface area contributed by atoms with E-state index in [9.17, 15) is 14.7 Å². The van der Waals surface area contributed by atoms with Gasteiger partial charge < -0.3 is 19.5 Å². The largest absolute Gasteiger partial charge is 0.465 e. The van der Waals surface area contributed by atoms with Gasteiger partial charge in [-0.1, -0.05) is 143 Å². The Morgan fingerprint density at radius 1 is 0.490 bits per heavy atom. The van der Waals surface area contributed by atoms with Crippen molar-refractivity contribution in [2.75, 3.05) is 39.5 Å². The van der Waals surface area contributed by atoms with Gasteiger partial charge in [0.1, 0.15) is 0 Å². The second-order valence-corrected chi connectivity index (χ2v) is 17.1. The van der Waals surface area contributed by atoms with Crippen molar-refractivity contribution >= 4 is 11.9 Å². The Labute approximate surface area is 318 Å². The molecule has 0 aromatic carbocycles. The van der Waals surface area contributed by atoms with Crippen molar-refractivity contribution in [2.24, 2.45) is 16.7 Å². The lowest BCUT2D eigenvalue weighted by Gasteiger charge is -2.24. The first-order valence-electron chi connectivity index (χ1n) is 22.2. The van der Waals surface area contributed by atoms with Gasteiger partial charge in [0.2, 0.25) is 0 Å². The number of hydrogen-bond acceptors (Lipinski definition) is 6. The number of unbranched alkanes of at least 4 members (excludes halogenated alkanes) is 15. The molecule has 6 heteroatoms. The first-order chi connectivity index (χ1) is 24.5. The minimum Gasteiger partial charge on any atom is -0.465 e. The summed E-state index contributed by atoms with van der Waals surface area (Å²) in [6.45, 7) is 19.6.